The van der Waals surface area contributed by atoms with Crippen molar-refractivity contribution in [2.75, 3.05) is 0 Å². The minimum absolute atomic E-state index is 0.651. The number of rotatable bonds is 5. The Morgan fingerprint density at radius 2 is 1.60 bits per heavy atom. The number of aryl methyl sites for hydroxylation is 2. The van der Waals surface area contributed by atoms with Crippen LogP contribution in [0.1, 0.15) is 55.7 Å². The maximum absolute atomic E-state index is 2.40. The van der Waals surface area contributed by atoms with E-state index in [0.29, 0.717) is 5.92 Å². The Labute approximate surface area is 123 Å². The van der Waals surface area contributed by atoms with Crippen LogP contribution in [0.15, 0.2) is 42.5 Å². The predicted octanol–water partition coefficient (Wildman–Crippen LogP) is 6.26. The molecule has 0 fully saturated rings. The van der Waals surface area contributed by atoms with Crippen molar-refractivity contribution in [1.29, 1.82) is 0 Å². The third kappa shape index (κ3) is 3.30. The van der Waals surface area contributed by atoms with Gasteiger partial charge in [-0.2, -0.15) is 0 Å². The zero-order valence-corrected chi connectivity index (χ0v) is 13.2. The second kappa shape index (κ2) is 6.74. The summed E-state index contributed by atoms with van der Waals surface area (Å²) in [6.07, 6.45) is 3.88. The molecule has 0 aliphatic carbocycles. The lowest BCUT2D eigenvalue weighted by Gasteiger charge is -2.16. The maximum atomic E-state index is 2.40. The van der Waals surface area contributed by atoms with Gasteiger partial charge in [0.15, 0.2) is 0 Å². The van der Waals surface area contributed by atoms with Gasteiger partial charge in [-0.25, -0.2) is 0 Å². The molecule has 0 aromatic heterocycles. The van der Waals surface area contributed by atoms with E-state index in [1.54, 1.807) is 0 Å². The third-order valence-corrected chi connectivity index (χ3v) is 4.26. The molecular formula is C20H26. The van der Waals surface area contributed by atoms with Gasteiger partial charge < -0.3 is 0 Å². The van der Waals surface area contributed by atoms with Gasteiger partial charge in [0.25, 0.3) is 0 Å². The number of benzene rings is 2. The van der Waals surface area contributed by atoms with Crippen LogP contribution in [0.2, 0.25) is 0 Å². The molecule has 0 spiro atoms. The molecule has 0 heteroatoms. The van der Waals surface area contributed by atoms with E-state index in [0.717, 1.165) is 0 Å². The van der Waals surface area contributed by atoms with Gasteiger partial charge in [-0.3, -0.25) is 0 Å². The van der Waals surface area contributed by atoms with E-state index >= 15 is 0 Å². The van der Waals surface area contributed by atoms with E-state index in [-0.39, 0.29) is 0 Å². The molecule has 0 heterocycles. The first kappa shape index (κ1) is 14.8. The highest BCUT2D eigenvalue weighted by Crippen LogP contribution is 2.31. The zero-order valence-electron chi connectivity index (χ0n) is 13.2. The number of hydrogen-bond donors (Lipinski definition) is 0. The molecular weight excluding hydrogens is 240 g/mol. The van der Waals surface area contributed by atoms with Crippen molar-refractivity contribution >= 4 is 0 Å². The highest BCUT2D eigenvalue weighted by atomic mass is 14.1. The van der Waals surface area contributed by atoms with Gasteiger partial charge in [0.2, 0.25) is 0 Å². The van der Waals surface area contributed by atoms with Gasteiger partial charge in [-0.15, -0.1) is 0 Å². The molecule has 0 saturated heterocycles. The van der Waals surface area contributed by atoms with Crippen LogP contribution in [-0.2, 0) is 0 Å². The summed E-state index contributed by atoms with van der Waals surface area (Å²) in [6, 6.07) is 15.7. The SMILES string of the molecule is CCCCC(C)c1ccc(C)c(-c2ccccc2C)c1. The Balaban J connectivity index is 2.37. The standard InChI is InChI=1S/C20H26/c1-5-6-9-15(2)18-13-12-17(4)20(14-18)19-11-8-7-10-16(19)3/h7-8,10-15H,5-6,9H2,1-4H3. The molecule has 2 aromatic rings. The smallest absolute Gasteiger partial charge is 0.0149 e. The highest BCUT2D eigenvalue weighted by Gasteiger charge is 2.10. The van der Waals surface area contributed by atoms with Crippen molar-refractivity contribution in [2.24, 2.45) is 0 Å². The third-order valence-electron chi connectivity index (χ3n) is 4.26. The largest absolute Gasteiger partial charge is 0.0654 e. The maximum Gasteiger partial charge on any atom is -0.0149 e. The van der Waals surface area contributed by atoms with Gasteiger partial charge in [0.1, 0.15) is 0 Å². The minimum Gasteiger partial charge on any atom is -0.0654 e. The fourth-order valence-corrected chi connectivity index (χ4v) is 2.79. The molecule has 0 bridgehead atoms. The number of unbranched alkanes of at least 4 members (excludes halogenated alkanes) is 1. The van der Waals surface area contributed by atoms with E-state index in [1.165, 1.54) is 47.1 Å². The van der Waals surface area contributed by atoms with E-state index in [4.69, 9.17) is 0 Å². The van der Waals surface area contributed by atoms with Crippen molar-refractivity contribution in [3.63, 3.8) is 0 Å². The van der Waals surface area contributed by atoms with Gasteiger partial charge in [-0.05, 0) is 54.0 Å². The summed E-state index contributed by atoms with van der Waals surface area (Å²) >= 11 is 0. The molecule has 106 valence electrons. The topological polar surface area (TPSA) is 0 Å². The molecule has 2 rings (SSSR count). The second-order valence-corrected chi connectivity index (χ2v) is 5.93. The molecule has 0 aliphatic heterocycles. The first-order valence-electron chi connectivity index (χ1n) is 7.80. The Morgan fingerprint density at radius 1 is 0.900 bits per heavy atom. The molecule has 1 unspecified atom stereocenters. The quantitative estimate of drug-likeness (QED) is 0.598. The van der Waals surface area contributed by atoms with Gasteiger partial charge in [0.05, 0.1) is 0 Å². The summed E-state index contributed by atoms with van der Waals surface area (Å²) in [5, 5.41) is 0. The van der Waals surface area contributed by atoms with Crippen LogP contribution < -0.4 is 0 Å². The molecule has 0 saturated carbocycles. The summed E-state index contributed by atoms with van der Waals surface area (Å²) in [5.74, 6) is 0.651. The predicted molar refractivity (Wildman–Crippen MR) is 89.3 cm³/mol. The highest BCUT2D eigenvalue weighted by molar-refractivity contribution is 5.71. The summed E-state index contributed by atoms with van der Waals surface area (Å²) in [6.45, 7) is 9.02. The van der Waals surface area contributed by atoms with Crippen molar-refractivity contribution in [2.45, 2.75) is 52.9 Å². The summed E-state index contributed by atoms with van der Waals surface area (Å²) in [4.78, 5) is 0. The average molecular weight is 266 g/mol. The lowest BCUT2D eigenvalue weighted by Crippen LogP contribution is -1.96. The molecule has 0 N–H and O–H groups in total. The zero-order chi connectivity index (χ0) is 14.5. The second-order valence-electron chi connectivity index (χ2n) is 5.93. The number of hydrogen-bond acceptors (Lipinski definition) is 0. The normalized spacial score (nSPS) is 12.4. The minimum atomic E-state index is 0.651. The van der Waals surface area contributed by atoms with Gasteiger partial charge in [0, 0.05) is 0 Å². The Hall–Kier alpha value is -1.56. The summed E-state index contributed by atoms with van der Waals surface area (Å²) < 4.78 is 0. The van der Waals surface area contributed by atoms with Crippen LogP contribution in [0.4, 0.5) is 0 Å². The van der Waals surface area contributed by atoms with Crippen LogP contribution in [0.25, 0.3) is 11.1 Å². The molecule has 0 radical (unpaired) electrons. The molecule has 0 nitrogen and oxygen atoms in total. The molecule has 20 heavy (non-hydrogen) atoms. The fourth-order valence-electron chi connectivity index (χ4n) is 2.79. The Morgan fingerprint density at radius 3 is 2.30 bits per heavy atom. The van der Waals surface area contributed by atoms with E-state index in [9.17, 15) is 0 Å². The van der Waals surface area contributed by atoms with E-state index in [1.807, 2.05) is 0 Å². The lowest BCUT2D eigenvalue weighted by atomic mass is 9.89. The average Bonchev–Trinajstić information content (AvgIpc) is 2.46. The van der Waals surface area contributed by atoms with E-state index < -0.39 is 0 Å². The Kier molecular flexibility index (Phi) is 5.00. The molecule has 0 aliphatic rings. The van der Waals surface area contributed by atoms with Crippen molar-refractivity contribution in [3.8, 4) is 11.1 Å². The summed E-state index contributed by atoms with van der Waals surface area (Å²) in [5.41, 5.74) is 6.96. The van der Waals surface area contributed by atoms with Crippen molar-refractivity contribution in [3.05, 3.63) is 59.2 Å². The summed E-state index contributed by atoms with van der Waals surface area (Å²) in [7, 11) is 0. The van der Waals surface area contributed by atoms with Crippen LogP contribution in [0.3, 0.4) is 0 Å². The first-order chi connectivity index (χ1) is 9.63. The lowest BCUT2D eigenvalue weighted by molar-refractivity contribution is 0.624. The molecule has 2 aromatic carbocycles. The van der Waals surface area contributed by atoms with Crippen molar-refractivity contribution in [1.82, 2.24) is 0 Å². The van der Waals surface area contributed by atoms with Crippen LogP contribution in [0.5, 0.6) is 0 Å². The van der Waals surface area contributed by atoms with Crippen LogP contribution in [-0.4, -0.2) is 0 Å². The van der Waals surface area contributed by atoms with Gasteiger partial charge >= 0.3 is 0 Å². The van der Waals surface area contributed by atoms with Crippen LogP contribution >= 0.6 is 0 Å². The fraction of sp³-hybridized carbons (Fsp3) is 0.400. The first-order valence-corrected chi connectivity index (χ1v) is 7.80. The molecule has 0 amide bonds. The van der Waals surface area contributed by atoms with Gasteiger partial charge in [-0.1, -0.05) is 69.2 Å². The monoisotopic (exact) mass is 266 g/mol. The van der Waals surface area contributed by atoms with Crippen LogP contribution in [0, 0.1) is 13.8 Å². The van der Waals surface area contributed by atoms with Crippen molar-refractivity contribution < 1.29 is 0 Å². The molecule has 1 atom stereocenters. The van der Waals surface area contributed by atoms with E-state index in [2.05, 4.69) is 70.2 Å². The Bertz CT molecular complexity index is 566.